The van der Waals surface area contributed by atoms with Gasteiger partial charge in [-0.2, -0.15) is 5.26 Å². The molecule has 0 aromatic carbocycles. The van der Waals surface area contributed by atoms with E-state index in [1.54, 1.807) is 12.3 Å². The summed E-state index contributed by atoms with van der Waals surface area (Å²) in [5, 5.41) is 12.7. The molecule has 32 heavy (non-hydrogen) atoms. The Morgan fingerprint density at radius 3 is 2.62 bits per heavy atom. The zero-order valence-corrected chi connectivity index (χ0v) is 18.8. The van der Waals surface area contributed by atoms with Gasteiger partial charge < -0.3 is 15.1 Å². The van der Waals surface area contributed by atoms with E-state index >= 15 is 0 Å². The van der Waals surface area contributed by atoms with Crippen molar-refractivity contribution in [2.45, 2.75) is 45.1 Å². The van der Waals surface area contributed by atoms with Gasteiger partial charge in [-0.1, -0.05) is 25.3 Å². The maximum Gasteiger partial charge on any atom is 0.267 e. The lowest BCUT2D eigenvalue weighted by molar-refractivity contribution is -0.117. The number of pyridine rings is 1. The fourth-order valence-corrected chi connectivity index (χ4v) is 4.49. The Bertz CT molecular complexity index is 1130. The van der Waals surface area contributed by atoms with E-state index in [-0.39, 0.29) is 22.7 Å². The Morgan fingerprint density at radius 2 is 1.94 bits per heavy atom. The van der Waals surface area contributed by atoms with Gasteiger partial charge in [0.15, 0.2) is 0 Å². The van der Waals surface area contributed by atoms with E-state index in [2.05, 4.69) is 22.2 Å². The molecule has 2 aliphatic rings. The van der Waals surface area contributed by atoms with Gasteiger partial charge in [0.1, 0.15) is 23.1 Å². The summed E-state index contributed by atoms with van der Waals surface area (Å²) in [7, 11) is 2.06. The molecule has 1 amide bonds. The Kier molecular flexibility index (Phi) is 6.56. The molecule has 0 atom stereocenters. The number of amides is 1. The summed E-state index contributed by atoms with van der Waals surface area (Å²) < 4.78 is 1.49. The number of aromatic nitrogens is 2. The third-order valence-corrected chi connectivity index (χ3v) is 6.46. The Labute approximate surface area is 188 Å². The third kappa shape index (κ3) is 4.53. The number of hydrogen-bond donors (Lipinski definition) is 1. The standard InChI is InChI=1S/C24H30N6O2/c1-17-7-6-10-30-21(17)27-22(29-13-11-28(2)12-14-29)20(24(30)32)15-18(16-25)23(31)26-19-8-4-3-5-9-19/h6-7,10,15,19H,3-5,8-9,11-14H2,1-2H3,(H,26,31). The van der Waals surface area contributed by atoms with Crippen molar-refractivity contribution >= 4 is 23.4 Å². The molecule has 168 valence electrons. The number of fused-ring (bicyclic) bond motifs is 1. The van der Waals surface area contributed by atoms with Gasteiger partial charge in [-0.05, 0) is 44.5 Å². The number of nitriles is 1. The highest BCUT2D eigenvalue weighted by Crippen LogP contribution is 2.22. The number of likely N-dealkylation sites (N-methyl/N-ethyl adjacent to an activating group) is 1. The minimum Gasteiger partial charge on any atom is -0.353 e. The molecule has 1 aliphatic carbocycles. The lowest BCUT2D eigenvalue weighted by Crippen LogP contribution is -2.45. The number of aryl methyl sites for hydroxylation is 1. The number of rotatable bonds is 4. The van der Waals surface area contributed by atoms with E-state index in [1.807, 2.05) is 19.1 Å². The van der Waals surface area contributed by atoms with Crippen molar-refractivity contribution in [3.05, 3.63) is 45.4 Å². The lowest BCUT2D eigenvalue weighted by atomic mass is 9.95. The van der Waals surface area contributed by atoms with Gasteiger partial charge >= 0.3 is 0 Å². The van der Waals surface area contributed by atoms with Crippen molar-refractivity contribution < 1.29 is 4.79 Å². The second kappa shape index (κ2) is 9.53. The molecule has 0 bridgehead atoms. The van der Waals surface area contributed by atoms with E-state index in [4.69, 9.17) is 4.98 Å². The largest absolute Gasteiger partial charge is 0.353 e. The molecule has 0 spiro atoms. The molecule has 1 aliphatic heterocycles. The van der Waals surface area contributed by atoms with Gasteiger partial charge in [-0.25, -0.2) is 4.98 Å². The van der Waals surface area contributed by atoms with Crippen LogP contribution in [0.15, 0.2) is 28.7 Å². The van der Waals surface area contributed by atoms with Crippen molar-refractivity contribution in [1.29, 1.82) is 5.26 Å². The van der Waals surface area contributed by atoms with Crippen molar-refractivity contribution in [2.75, 3.05) is 38.1 Å². The number of carbonyl (C=O) groups excluding carboxylic acids is 1. The molecule has 2 fully saturated rings. The van der Waals surface area contributed by atoms with Gasteiger partial charge in [0.25, 0.3) is 11.5 Å². The van der Waals surface area contributed by atoms with Crippen LogP contribution in [0.3, 0.4) is 0 Å². The second-order valence-corrected chi connectivity index (χ2v) is 8.81. The summed E-state index contributed by atoms with van der Waals surface area (Å²) in [6.45, 7) is 5.07. The first-order chi connectivity index (χ1) is 15.5. The van der Waals surface area contributed by atoms with Gasteiger partial charge in [0.2, 0.25) is 0 Å². The van der Waals surface area contributed by atoms with Crippen LogP contribution in [0.25, 0.3) is 11.7 Å². The van der Waals surface area contributed by atoms with Gasteiger partial charge in [0, 0.05) is 38.4 Å². The molecule has 1 saturated heterocycles. The molecule has 3 heterocycles. The van der Waals surface area contributed by atoms with E-state index in [0.717, 1.165) is 57.4 Å². The predicted octanol–water partition coefficient (Wildman–Crippen LogP) is 2.11. The molecule has 2 aromatic rings. The predicted molar refractivity (Wildman–Crippen MR) is 125 cm³/mol. The van der Waals surface area contributed by atoms with Crippen LogP contribution in [-0.2, 0) is 4.79 Å². The molecule has 1 N–H and O–H groups in total. The highest BCUT2D eigenvalue weighted by molar-refractivity contribution is 6.02. The van der Waals surface area contributed by atoms with Gasteiger partial charge in [-0.3, -0.25) is 14.0 Å². The van der Waals surface area contributed by atoms with Crippen molar-refractivity contribution in [3.63, 3.8) is 0 Å². The van der Waals surface area contributed by atoms with Crippen molar-refractivity contribution in [2.24, 2.45) is 0 Å². The Morgan fingerprint density at radius 1 is 1.22 bits per heavy atom. The number of carbonyl (C=O) groups is 1. The van der Waals surface area contributed by atoms with Crippen LogP contribution in [-0.4, -0.2) is 59.5 Å². The first-order valence-corrected chi connectivity index (χ1v) is 11.4. The lowest BCUT2D eigenvalue weighted by Gasteiger charge is -2.34. The van der Waals surface area contributed by atoms with E-state index in [1.165, 1.54) is 16.9 Å². The van der Waals surface area contributed by atoms with E-state index < -0.39 is 5.91 Å². The van der Waals surface area contributed by atoms with Crippen LogP contribution >= 0.6 is 0 Å². The van der Waals surface area contributed by atoms with Gasteiger partial charge in [-0.15, -0.1) is 0 Å². The molecule has 8 heteroatoms. The Hall–Kier alpha value is -3.18. The Balaban J connectivity index is 1.77. The zero-order valence-electron chi connectivity index (χ0n) is 18.8. The minimum atomic E-state index is -0.419. The smallest absolute Gasteiger partial charge is 0.267 e. The monoisotopic (exact) mass is 434 g/mol. The highest BCUT2D eigenvalue weighted by Gasteiger charge is 2.24. The van der Waals surface area contributed by atoms with E-state index in [9.17, 15) is 14.9 Å². The molecular weight excluding hydrogens is 404 g/mol. The van der Waals surface area contributed by atoms with Crippen molar-refractivity contribution in [3.8, 4) is 6.07 Å². The van der Waals surface area contributed by atoms with Crippen molar-refractivity contribution in [1.82, 2.24) is 19.6 Å². The number of nitrogens with one attached hydrogen (secondary N) is 1. The highest BCUT2D eigenvalue weighted by atomic mass is 16.2. The minimum absolute atomic E-state index is 0.0579. The number of hydrogen-bond acceptors (Lipinski definition) is 6. The first-order valence-electron chi connectivity index (χ1n) is 11.4. The van der Waals surface area contributed by atoms with Crippen LogP contribution in [0.2, 0.25) is 0 Å². The quantitative estimate of drug-likeness (QED) is 0.585. The molecule has 1 saturated carbocycles. The molecule has 8 nitrogen and oxygen atoms in total. The maximum atomic E-state index is 13.5. The molecule has 0 radical (unpaired) electrons. The van der Waals surface area contributed by atoms with E-state index in [0.29, 0.717) is 11.5 Å². The summed E-state index contributed by atoms with van der Waals surface area (Å²) in [6, 6.07) is 5.82. The molecule has 0 unspecified atom stereocenters. The number of nitrogens with zero attached hydrogens (tertiary/aromatic N) is 5. The summed E-state index contributed by atoms with van der Waals surface area (Å²) in [5.41, 5.74) is 1.44. The zero-order chi connectivity index (χ0) is 22.7. The SMILES string of the molecule is Cc1cccn2c(=O)c(C=C(C#N)C(=O)NC3CCCCC3)c(N3CCN(C)CC3)nc12. The topological polar surface area (TPSA) is 93.7 Å². The normalized spacial score (nSPS) is 18.5. The maximum absolute atomic E-state index is 13.5. The molecular formula is C24H30N6O2. The molecule has 2 aromatic heterocycles. The average Bonchev–Trinajstić information content (AvgIpc) is 2.80. The van der Waals surface area contributed by atoms with Gasteiger partial charge in [0.05, 0.1) is 5.56 Å². The average molecular weight is 435 g/mol. The fourth-order valence-electron chi connectivity index (χ4n) is 4.49. The molecule has 4 rings (SSSR count). The van der Waals surface area contributed by atoms with Crippen LogP contribution < -0.4 is 15.8 Å². The van der Waals surface area contributed by atoms with Crippen LogP contribution in [0.5, 0.6) is 0 Å². The second-order valence-electron chi connectivity index (χ2n) is 8.81. The summed E-state index contributed by atoms with van der Waals surface area (Å²) >= 11 is 0. The summed E-state index contributed by atoms with van der Waals surface area (Å²) in [5.74, 6) is 0.119. The van der Waals surface area contributed by atoms with Crippen LogP contribution in [0, 0.1) is 18.3 Å². The summed E-state index contributed by atoms with van der Waals surface area (Å²) in [4.78, 5) is 35.5. The number of piperazine rings is 1. The third-order valence-electron chi connectivity index (χ3n) is 6.46. The summed E-state index contributed by atoms with van der Waals surface area (Å²) in [6.07, 6.45) is 8.30. The fraction of sp³-hybridized carbons (Fsp3) is 0.500. The van der Waals surface area contributed by atoms with Crippen LogP contribution in [0.4, 0.5) is 5.82 Å². The first kappa shape index (κ1) is 22.0. The number of anilines is 1. The van der Waals surface area contributed by atoms with Crippen LogP contribution in [0.1, 0.15) is 43.2 Å².